The summed E-state index contributed by atoms with van der Waals surface area (Å²) in [5.41, 5.74) is 1.05. The average molecular weight is 446 g/mol. The number of carbonyl (C=O) groups is 1. The molecule has 1 amide bonds. The number of thioether (sulfide) groups is 1. The number of nitrogens with zero attached hydrogens (tertiary/aromatic N) is 2. The highest BCUT2D eigenvalue weighted by molar-refractivity contribution is 8.00. The fourth-order valence-electron chi connectivity index (χ4n) is 3.63. The topological polar surface area (TPSA) is 97.4 Å². The highest BCUT2D eigenvalue weighted by Crippen LogP contribution is 2.36. The van der Waals surface area contributed by atoms with E-state index in [1.54, 1.807) is 40.4 Å². The number of carbonyl (C=O) groups excluding carboxylic acids is 1. The Morgan fingerprint density at radius 3 is 3.10 bits per heavy atom. The predicted molar refractivity (Wildman–Crippen MR) is 118 cm³/mol. The van der Waals surface area contributed by atoms with Gasteiger partial charge in [0.05, 0.1) is 23.4 Å². The Morgan fingerprint density at radius 2 is 2.37 bits per heavy atom. The number of nitrogens with one attached hydrogen (secondary N) is 1. The van der Waals surface area contributed by atoms with E-state index in [2.05, 4.69) is 11.9 Å². The lowest BCUT2D eigenvalue weighted by Crippen LogP contribution is -2.34. The van der Waals surface area contributed by atoms with Gasteiger partial charge in [-0.15, -0.1) is 17.9 Å². The molecule has 4 rings (SSSR count). The molecule has 30 heavy (non-hydrogen) atoms. The zero-order valence-corrected chi connectivity index (χ0v) is 18.1. The smallest absolute Gasteiger partial charge is 0.263 e. The first-order valence-electron chi connectivity index (χ1n) is 9.86. The lowest BCUT2D eigenvalue weighted by molar-refractivity contribution is -0.121. The second-order valence-electron chi connectivity index (χ2n) is 7.05. The summed E-state index contributed by atoms with van der Waals surface area (Å²) >= 11 is 2.78. The number of amides is 1. The molecule has 0 saturated carbocycles. The Kier molecular flexibility index (Phi) is 6.40. The Labute approximate surface area is 181 Å². The van der Waals surface area contributed by atoms with Crippen LogP contribution in [0.15, 0.2) is 45.4 Å². The first-order valence-corrected chi connectivity index (χ1v) is 11.6. The van der Waals surface area contributed by atoms with E-state index in [0.29, 0.717) is 22.8 Å². The molecule has 0 fully saturated rings. The molecular formula is C21H23N3O4S2. The summed E-state index contributed by atoms with van der Waals surface area (Å²) < 4.78 is 6.83. The van der Waals surface area contributed by atoms with Crippen LogP contribution in [0.2, 0.25) is 0 Å². The predicted octanol–water partition coefficient (Wildman–Crippen LogP) is 2.89. The third-order valence-electron chi connectivity index (χ3n) is 5.05. The molecule has 1 aliphatic carbocycles. The number of hydrogen-bond donors (Lipinski definition) is 2. The molecule has 0 bridgehead atoms. The number of fused-ring (bicyclic) bond motifs is 3. The highest BCUT2D eigenvalue weighted by atomic mass is 32.2. The van der Waals surface area contributed by atoms with Gasteiger partial charge < -0.3 is 14.8 Å². The third-order valence-corrected chi connectivity index (χ3v) is 7.49. The van der Waals surface area contributed by atoms with Crippen LogP contribution in [0.25, 0.3) is 10.2 Å². The van der Waals surface area contributed by atoms with Gasteiger partial charge in [0, 0.05) is 18.0 Å². The van der Waals surface area contributed by atoms with Gasteiger partial charge in [-0.2, -0.15) is 0 Å². The van der Waals surface area contributed by atoms with Crippen molar-refractivity contribution < 1.29 is 14.3 Å². The Balaban J connectivity index is 1.64. The fraction of sp³-hybridized carbons (Fsp3) is 0.381. The lowest BCUT2D eigenvalue weighted by atomic mass is 10.2. The number of aliphatic hydroxyl groups excluding tert-OH is 1. The van der Waals surface area contributed by atoms with Crippen molar-refractivity contribution in [3.05, 3.63) is 57.6 Å². The molecule has 3 aromatic rings. The van der Waals surface area contributed by atoms with Gasteiger partial charge in [-0.25, -0.2) is 4.98 Å². The van der Waals surface area contributed by atoms with E-state index < -0.39 is 5.25 Å². The maximum atomic E-state index is 13.3. The summed E-state index contributed by atoms with van der Waals surface area (Å²) in [6.45, 7) is 4.19. The van der Waals surface area contributed by atoms with E-state index in [1.807, 2.05) is 0 Å². The van der Waals surface area contributed by atoms with Crippen LogP contribution in [0.4, 0.5) is 0 Å². The molecule has 158 valence electrons. The Hall–Kier alpha value is -2.36. The summed E-state index contributed by atoms with van der Waals surface area (Å²) in [7, 11) is 0. The molecule has 1 aliphatic rings. The number of hydrogen-bond acceptors (Lipinski definition) is 7. The second-order valence-corrected chi connectivity index (χ2v) is 9.31. The number of thiophene rings is 1. The number of aliphatic hydroxyl groups is 1. The molecule has 3 heterocycles. The third kappa shape index (κ3) is 4.10. The highest BCUT2D eigenvalue weighted by Gasteiger charge is 2.26. The van der Waals surface area contributed by atoms with Crippen LogP contribution in [0, 0.1) is 0 Å². The van der Waals surface area contributed by atoms with E-state index >= 15 is 0 Å². The van der Waals surface area contributed by atoms with Crippen molar-refractivity contribution in [2.45, 2.75) is 49.2 Å². The van der Waals surface area contributed by atoms with Crippen molar-refractivity contribution >= 4 is 39.2 Å². The van der Waals surface area contributed by atoms with Crippen molar-refractivity contribution in [1.29, 1.82) is 0 Å². The molecule has 0 spiro atoms. The minimum Gasteiger partial charge on any atom is -0.467 e. The number of furan rings is 1. The maximum absolute atomic E-state index is 13.3. The lowest BCUT2D eigenvalue weighted by Gasteiger charge is -2.17. The van der Waals surface area contributed by atoms with Gasteiger partial charge in [0.25, 0.3) is 5.56 Å². The first kappa shape index (κ1) is 20.9. The molecule has 0 radical (unpaired) electrons. The molecule has 0 saturated heterocycles. The van der Waals surface area contributed by atoms with E-state index in [1.165, 1.54) is 16.6 Å². The molecule has 0 unspecified atom stereocenters. The summed E-state index contributed by atoms with van der Waals surface area (Å²) in [6, 6.07) is 3.54. The number of allylic oxidation sites excluding steroid dienone is 1. The first-order chi connectivity index (χ1) is 14.6. The number of rotatable bonds is 9. The molecule has 0 aliphatic heterocycles. The SMILES string of the molecule is C=CCn1c(S[C@H](CCO)C(=O)NCc2ccco2)nc2sc3c(c2c1=O)CCC3. The fourth-order valence-corrected chi connectivity index (χ4v) is 6.03. The number of aromatic nitrogens is 2. The summed E-state index contributed by atoms with van der Waals surface area (Å²) in [5, 5.41) is 12.9. The molecule has 1 atom stereocenters. The quantitative estimate of drug-likeness (QED) is 0.299. The van der Waals surface area contributed by atoms with Crippen LogP contribution in [0.5, 0.6) is 0 Å². The van der Waals surface area contributed by atoms with Gasteiger partial charge in [0.1, 0.15) is 10.6 Å². The summed E-state index contributed by atoms with van der Waals surface area (Å²) in [4.78, 5) is 32.7. The van der Waals surface area contributed by atoms with Gasteiger partial charge in [0.2, 0.25) is 5.91 Å². The normalized spacial score (nSPS) is 14.0. The van der Waals surface area contributed by atoms with Crippen molar-refractivity contribution in [2.24, 2.45) is 0 Å². The standard InChI is InChI=1S/C21H23N3O4S2/c1-2-9-24-20(27)17-14-6-3-7-15(14)29-19(17)23-21(24)30-16(8-10-25)18(26)22-12-13-5-4-11-28-13/h2,4-5,11,16,25H,1,3,6-10,12H2,(H,22,26)/t16-/m1/s1. The molecule has 7 nitrogen and oxygen atoms in total. The molecule has 2 N–H and O–H groups in total. The molecule has 9 heteroatoms. The van der Waals surface area contributed by atoms with Gasteiger partial charge in [-0.1, -0.05) is 17.8 Å². The molecule has 3 aromatic heterocycles. The monoisotopic (exact) mass is 445 g/mol. The van der Waals surface area contributed by atoms with Crippen molar-refractivity contribution in [3.63, 3.8) is 0 Å². The van der Waals surface area contributed by atoms with E-state index in [-0.39, 0.29) is 31.0 Å². The Bertz CT molecular complexity index is 1120. The second kappa shape index (κ2) is 9.20. The summed E-state index contributed by atoms with van der Waals surface area (Å²) in [5.74, 6) is 0.408. The van der Waals surface area contributed by atoms with Crippen LogP contribution in [0.1, 0.15) is 29.0 Å². The van der Waals surface area contributed by atoms with Crippen LogP contribution >= 0.6 is 23.1 Å². The van der Waals surface area contributed by atoms with Crippen LogP contribution in [-0.4, -0.2) is 32.4 Å². The van der Waals surface area contributed by atoms with E-state index in [4.69, 9.17) is 9.40 Å². The van der Waals surface area contributed by atoms with Crippen LogP contribution < -0.4 is 10.9 Å². The zero-order chi connectivity index (χ0) is 21.1. The minimum atomic E-state index is -0.586. The van der Waals surface area contributed by atoms with Crippen molar-refractivity contribution in [2.75, 3.05) is 6.61 Å². The van der Waals surface area contributed by atoms with Crippen molar-refractivity contribution in [3.8, 4) is 0 Å². The van der Waals surface area contributed by atoms with Gasteiger partial charge >= 0.3 is 0 Å². The number of aryl methyl sites for hydroxylation is 2. The van der Waals surface area contributed by atoms with Crippen molar-refractivity contribution in [1.82, 2.24) is 14.9 Å². The Morgan fingerprint density at radius 1 is 1.50 bits per heavy atom. The minimum absolute atomic E-state index is 0.0828. The van der Waals surface area contributed by atoms with Crippen LogP contribution in [0.3, 0.4) is 0 Å². The molecular weight excluding hydrogens is 422 g/mol. The van der Waals surface area contributed by atoms with E-state index in [9.17, 15) is 14.7 Å². The van der Waals surface area contributed by atoms with Crippen LogP contribution in [-0.2, 0) is 30.7 Å². The largest absolute Gasteiger partial charge is 0.467 e. The van der Waals surface area contributed by atoms with Gasteiger partial charge in [0.15, 0.2) is 5.16 Å². The van der Waals surface area contributed by atoms with Gasteiger partial charge in [-0.05, 0) is 43.4 Å². The van der Waals surface area contributed by atoms with Gasteiger partial charge in [-0.3, -0.25) is 14.2 Å². The zero-order valence-electron chi connectivity index (χ0n) is 16.4. The van der Waals surface area contributed by atoms with E-state index in [0.717, 1.165) is 29.7 Å². The maximum Gasteiger partial charge on any atom is 0.263 e. The molecule has 0 aromatic carbocycles. The average Bonchev–Trinajstić information content (AvgIpc) is 3.46. The summed E-state index contributed by atoms with van der Waals surface area (Å²) in [6.07, 6.45) is 6.42.